The Morgan fingerprint density at radius 1 is 1.62 bits per heavy atom. The Labute approximate surface area is 80.9 Å². The van der Waals surface area contributed by atoms with E-state index in [1.54, 1.807) is 12.3 Å². The van der Waals surface area contributed by atoms with Crippen LogP contribution in [0.3, 0.4) is 0 Å². The average Bonchev–Trinajstić information content (AvgIpc) is 2.19. The summed E-state index contributed by atoms with van der Waals surface area (Å²) in [5, 5.41) is 0. The molecule has 4 nitrogen and oxygen atoms in total. The molecule has 0 amide bonds. The second kappa shape index (κ2) is 3.93. The van der Waals surface area contributed by atoms with Crippen molar-refractivity contribution in [3.8, 4) is 0 Å². The van der Waals surface area contributed by atoms with Gasteiger partial charge in [0.05, 0.1) is 6.61 Å². The van der Waals surface area contributed by atoms with E-state index < -0.39 is 0 Å². The SMILES string of the molecule is Nc1ccnc(C2CSCCO2)n1. The Hall–Kier alpha value is -0.810. The summed E-state index contributed by atoms with van der Waals surface area (Å²) in [6.07, 6.45) is 1.68. The normalized spacial score (nSPS) is 22.9. The van der Waals surface area contributed by atoms with Crippen molar-refractivity contribution in [1.82, 2.24) is 9.97 Å². The Balaban J connectivity index is 2.14. The minimum absolute atomic E-state index is 0.0160. The number of anilines is 1. The lowest BCUT2D eigenvalue weighted by Crippen LogP contribution is -2.18. The van der Waals surface area contributed by atoms with Crippen LogP contribution in [0.25, 0.3) is 0 Å². The molecular formula is C8H11N3OS. The molecule has 5 heteroatoms. The molecule has 13 heavy (non-hydrogen) atoms. The summed E-state index contributed by atoms with van der Waals surface area (Å²) in [5.41, 5.74) is 5.55. The van der Waals surface area contributed by atoms with Gasteiger partial charge >= 0.3 is 0 Å². The van der Waals surface area contributed by atoms with Gasteiger partial charge in [0.15, 0.2) is 5.82 Å². The number of nitrogens with zero attached hydrogens (tertiary/aromatic N) is 2. The first-order valence-corrected chi connectivity index (χ1v) is 5.29. The first-order valence-electron chi connectivity index (χ1n) is 4.14. The first kappa shape index (κ1) is 8.77. The van der Waals surface area contributed by atoms with Crippen molar-refractivity contribution in [2.24, 2.45) is 0 Å². The van der Waals surface area contributed by atoms with Gasteiger partial charge in [-0.1, -0.05) is 0 Å². The number of rotatable bonds is 1. The Morgan fingerprint density at radius 2 is 2.54 bits per heavy atom. The van der Waals surface area contributed by atoms with Crippen LogP contribution in [0.1, 0.15) is 11.9 Å². The van der Waals surface area contributed by atoms with Crippen molar-refractivity contribution in [2.45, 2.75) is 6.10 Å². The predicted molar refractivity (Wildman–Crippen MR) is 52.5 cm³/mol. The topological polar surface area (TPSA) is 61.0 Å². The minimum Gasteiger partial charge on any atom is -0.384 e. The standard InChI is InChI=1S/C8H11N3OS/c9-7-1-2-10-8(11-7)6-5-13-4-3-12-6/h1-2,6H,3-5H2,(H2,9,10,11). The molecule has 2 rings (SSSR count). The smallest absolute Gasteiger partial charge is 0.160 e. The van der Waals surface area contributed by atoms with E-state index in [0.717, 1.165) is 18.1 Å². The third-order valence-electron chi connectivity index (χ3n) is 1.80. The highest BCUT2D eigenvalue weighted by molar-refractivity contribution is 7.99. The van der Waals surface area contributed by atoms with Gasteiger partial charge in [0, 0.05) is 17.7 Å². The first-order chi connectivity index (χ1) is 6.36. The fourth-order valence-corrected chi connectivity index (χ4v) is 2.02. The van der Waals surface area contributed by atoms with Crippen LogP contribution in [0.2, 0.25) is 0 Å². The number of hydrogen-bond donors (Lipinski definition) is 1. The number of nitrogen functional groups attached to an aromatic ring is 1. The lowest BCUT2D eigenvalue weighted by atomic mass is 10.3. The molecule has 0 aromatic carbocycles. The quantitative estimate of drug-likeness (QED) is 0.723. The van der Waals surface area contributed by atoms with Crippen LogP contribution in [-0.2, 0) is 4.74 Å². The summed E-state index contributed by atoms with van der Waals surface area (Å²) in [6, 6.07) is 1.68. The molecule has 0 bridgehead atoms. The molecule has 0 radical (unpaired) electrons. The Morgan fingerprint density at radius 3 is 3.23 bits per heavy atom. The maximum atomic E-state index is 5.55. The molecule has 1 atom stereocenters. The summed E-state index contributed by atoms with van der Waals surface area (Å²) in [7, 11) is 0. The zero-order chi connectivity index (χ0) is 9.10. The van der Waals surface area contributed by atoms with Gasteiger partial charge < -0.3 is 10.5 Å². The molecule has 1 fully saturated rings. The van der Waals surface area contributed by atoms with E-state index >= 15 is 0 Å². The number of nitrogens with two attached hydrogens (primary N) is 1. The van der Waals surface area contributed by atoms with Gasteiger partial charge in [-0.3, -0.25) is 0 Å². The number of aromatic nitrogens is 2. The summed E-state index contributed by atoms with van der Waals surface area (Å²) in [6.45, 7) is 0.771. The maximum Gasteiger partial charge on any atom is 0.160 e. The molecule has 0 aliphatic carbocycles. The van der Waals surface area contributed by atoms with Crippen LogP contribution >= 0.6 is 11.8 Å². The fourth-order valence-electron chi connectivity index (χ4n) is 1.18. The number of hydrogen-bond acceptors (Lipinski definition) is 5. The Bertz CT molecular complexity index is 288. The Kier molecular flexibility index (Phi) is 2.65. The van der Waals surface area contributed by atoms with Crippen LogP contribution in [0.4, 0.5) is 5.82 Å². The van der Waals surface area contributed by atoms with Gasteiger partial charge in [0.1, 0.15) is 11.9 Å². The monoisotopic (exact) mass is 197 g/mol. The van der Waals surface area contributed by atoms with Crippen molar-refractivity contribution >= 4 is 17.6 Å². The van der Waals surface area contributed by atoms with Crippen LogP contribution in [0.5, 0.6) is 0 Å². The zero-order valence-corrected chi connectivity index (χ0v) is 7.96. The molecule has 1 aliphatic heterocycles. The van der Waals surface area contributed by atoms with E-state index in [1.807, 2.05) is 11.8 Å². The lowest BCUT2D eigenvalue weighted by molar-refractivity contribution is 0.0695. The second-order valence-electron chi connectivity index (χ2n) is 2.77. The molecular weight excluding hydrogens is 186 g/mol. The highest BCUT2D eigenvalue weighted by Gasteiger charge is 2.18. The van der Waals surface area contributed by atoms with Crippen molar-refractivity contribution in [2.75, 3.05) is 23.8 Å². The molecule has 1 unspecified atom stereocenters. The second-order valence-corrected chi connectivity index (χ2v) is 3.92. The van der Waals surface area contributed by atoms with Crippen LogP contribution < -0.4 is 5.73 Å². The molecule has 2 heterocycles. The van der Waals surface area contributed by atoms with Gasteiger partial charge in [-0.2, -0.15) is 11.8 Å². The van der Waals surface area contributed by atoms with Gasteiger partial charge in [0.25, 0.3) is 0 Å². The maximum absolute atomic E-state index is 5.55. The third-order valence-corrected chi connectivity index (χ3v) is 2.79. The summed E-state index contributed by atoms with van der Waals surface area (Å²) in [4.78, 5) is 8.26. The van der Waals surface area contributed by atoms with Crippen molar-refractivity contribution in [3.05, 3.63) is 18.1 Å². The van der Waals surface area contributed by atoms with Crippen LogP contribution in [-0.4, -0.2) is 28.1 Å². The van der Waals surface area contributed by atoms with Gasteiger partial charge in [-0.05, 0) is 6.07 Å². The zero-order valence-electron chi connectivity index (χ0n) is 7.14. The molecule has 1 aromatic rings. The third kappa shape index (κ3) is 2.10. The van der Waals surface area contributed by atoms with Gasteiger partial charge in [0.2, 0.25) is 0 Å². The predicted octanol–water partition coefficient (Wildman–Crippen LogP) is 0.863. The van der Waals surface area contributed by atoms with Crippen molar-refractivity contribution < 1.29 is 4.74 Å². The van der Waals surface area contributed by atoms with E-state index in [2.05, 4.69) is 9.97 Å². The van der Waals surface area contributed by atoms with E-state index in [-0.39, 0.29) is 6.10 Å². The molecule has 1 aliphatic rings. The number of thioether (sulfide) groups is 1. The fraction of sp³-hybridized carbons (Fsp3) is 0.500. The molecule has 0 spiro atoms. The minimum atomic E-state index is 0.0160. The number of ether oxygens (including phenoxy) is 1. The van der Waals surface area contributed by atoms with E-state index in [0.29, 0.717) is 11.6 Å². The van der Waals surface area contributed by atoms with Gasteiger partial charge in [-0.15, -0.1) is 0 Å². The van der Waals surface area contributed by atoms with Crippen molar-refractivity contribution in [3.63, 3.8) is 0 Å². The summed E-state index contributed by atoms with van der Waals surface area (Å²) in [5.74, 6) is 3.18. The van der Waals surface area contributed by atoms with E-state index in [9.17, 15) is 0 Å². The van der Waals surface area contributed by atoms with Crippen molar-refractivity contribution in [1.29, 1.82) is 0 Å². The molecule has 1 aromatic heterocycles. The largest absolute Gasteiger partial charge is 0.384 e. The van der Waals surface area contributed by atoms with E-state index in [4.69, 9.17) is 10.5 Å². The van der Waals surface area contributed by atoms with Crippen LogP contribution in [0.15, 0.2) is 12.3 Å². The molecule has 70 valence electrons. The lowest BCUT2D eigenvalue weighted by Gasteiger charge is -2.20. The summed E-state index contributed by atoms with van der Waals surface area (Å²) >= 11 is 1.86. The van der Waals surface area contributed by atoms with Crippen LogP contribution in [0, 0.1) is 0 Å². The summed E-state index contributed by atoms with van der Waals surface area (Å²) < 4.78 is 5.52. The van der Waals surface area contributed by atoms with Gasteiger partial charge in [-0.25, -0.2) is 9.97 Å². The molecule has 1 saturated heterocycles. The average molecular weight is 197 g/mol. The van der Waals surface area contributed by atoms with E-state index in [1.165, 1.54) is 0 Å². The molecule has 2 N–H and O–H groups in total. The highest BCUT2D eigenvalue weighted by Crippen LogP contribution is 2.23. The highest BCUT2D eigenvalue weighted by atomic mass is 32.2. The molecule has 0 saturated carbocycles.